The van der Waals surface area contributed by atoms with E-state index in [9.17, 15) is 0 Å². The molecule has 1 aliphatic heterocycles. The molecule has 0 radical (unpaired) electrons. The summed E-state index contributed by atoms with van der Waals surface area (Å²) in [4.78, 5) is 0. The number of rotatable bonds is 3. The summed E-state index contributed by atoms with van der Waals surface area (Å²) in [5.41, 5.74) is 3.42. The predicted molar refractivity (Wildman–Crippen MR) is 122 cm³/mol. The Labute approximate surface area is 187 Å². The first-order valence-corrected chi connectivity index (χ1v) is 10.0. The lowest BCUT2D eigenvalue weighted by atomic mass is 10.1. The number of benzene rings is 3. The van der Waals surface area contributed by atoms with Crippen LogP contribution in [0, 0.1) is 23.7 Å². The van der Waals surface area contributed by atoms with Crippen LogP contribution < -0.4 is 23.7 Å². The average molecular weight is 426 g/mol. The van der Waals surface area contributed by atoms with Gasteiger partial charge in [-0.15, -0.1) is 0 Å². The maximum atomic E-state index is 5.61. The highest BCUT2D eigenvalue weighted by atomic mass is 16.6. The Morgan fingerprint density at radius 3 is 1.62 bits per heavy atom. The third-order valence-electron chi connectivity index (χ3n) is 4.79. The van der Waals surface area contributed by atoms with E-state index in [-0.39, 0.29) is 0 Å². The van der Waals surface area contributed by atoms with Crippen molar-refractivity contribution in [2.75, 3.05) is 34.5 Å². The number of ether oxygens (including phenoxy) is 5. The monoisotopic (exact) mass is 426 g/mol. The Hall–Kier alpha value is -4.22. The fraction of sp³-hybridized carbons (Fsp3) is 0.185. The van der Waals surface area contributed by atoms with E-state index in [0.717, 1.165) is 33.8 Å². The largest absolute Gasteiger partial charge is 0.493 e. The molecule has 4 rings (SSSR count). The summed E-state index contributed by atoms with van der Waals surface area (Å²) < 4.78 is 27.3. The maximum Gasteiger partial charge on any atom is 0.203 e. The van der Waals surface area contributed by atoms with E-state index in [0.29, 0.717) is 30.5 Å². The van der Waals surface area contributed by atoms with Gasteiger partial charge < -0.3 is 23.7 Å². The minimum atomic E-state index is 0.543. The smallest absolute Gasteiger partial charge is 0.203 e. The summed E-state index contributed by atoms with van der Waals surface area (Å²) in [6, 6.07) is 17.1. The molecule has 0 fully saturated rings. The Kier molecular flexibility index (Phi) is 6.39. The lowest BCUT2D eigenvalue weighted by molar-refractivity contribution is 0.171. The molecule has 0 amide bonds. The van der Waals surface area contributed by atoms with Crippen LogP contribution in [0.2, 0.25) is 0 Å². The molecule has 32 heavy (non-hydrogen) atoms. The topological polar surface area (TPSA) is 46.2 Å². The van der Waals surface area contributed by atoms with Gasteiger partial charge in [0.1, 0.15) is 13.2 Å². The van der Waals surface area contributed by atoms with Gasteiger partial charge in [-0.25, -0.2) is 0 Å². The molecule has 5 heteroatoms. The summed E-state index contributed by atoms with van der Waals surface area (Å²) in [6.45, 7) is 1.13. The average Bonchev–Trinajstić information content (AvgIpc) is 2.85. The van der Waals surface area contributed by atoms with Gasteiger partial charge in [-0.1, -0.05) is 23.7 Å². The molecule has 1 aliphatic rings. The fourth-order valence-electron chi connectivity index (χ4n) is 3.20. The second kappa shape index (κ2) is 9.73. The van der Waals surface area contributed by atoms with Crippen molar-refractivity contribution in [1.82, 2.24) is 0 Å². The molecule has 5 nitrogen and oxygen atoms in total. The molecule has 0 atom stereocenters. The van der Waals surface area contributed by atoms with E-state index in [4.69, 9.17) is 23.7 Å². The molecule has 0 saturated carbocycles. The molecule has 0 bridgehead atoms. The molecule has 1 heterocycles. The lowest BCUT2D eigenvalue weighted by Gasteiger charge is -2.17. The van der Waals surface area contributed by atoms with Crippen molar-refractivity contribution in [3.8, 4) is 52.4 Å². The summed E-state index contributed by atoms with van der Waals surface area (Å²) in [5, 5.41) is 0. The third kappa shape index (κ3) is 4.74. The SMILES string of the molecule is COc1cc(C#Cc2ccc(C#Cc3ccc4c(c3)OCCO4)cc2)cc(OC)c1OC. The van der Waals surface area contributed by atoms with Crippen LogP contribution in [0.5, 0.6) is 28.7 Å². The Morgan fingerprint density at radius 1 is 0.562 bits per heavy atom. The van der Waals surface area contributed by atoms with Crippen molar-refractivity contribution >= 4 is 0 Å². The van der Waals surface area contributed by atoms with Gasteiger partial charge in [-0.3, -0.25) is 0 Å². The zero-order valence-corrected chi connectivity index (χ0v) is 18.2. The highest BCUT2D eigenvalue weighted by Crippen LogP contribution is 2.38. The quantitative estimate of drug-likeness (QED) is 0.585. The highest BCUT2D eigenvalue weighted by Gasteiger charge is 2.12. The fourth-order valence-corrected chi connectivity index (χ4v) is 3.20. The zero-order valence-electron chi connectivity index (χ0n) is 18.2. The molecular weight excluding hydrogens is 404 g/mol. The summed E-state index contributed by atoms with van der Waals surface area (Å²) in [6.07, 6.45) is 0. The first kappa shape index (κ1) is 21.0. The van der Waals surface area contributed by atoms with Crippen LogP contribution in [0.1, 0.15) is 22.3 Å². The molecule has 0 aliphatic carbocycles. The molecular formula is C27H22O5. The van der Waals surface area contributed by atoms with E-state index in [1.165, 1.54) is 0 Å². The molecule has 0 aromatic heterocycles. The molecule has 0 spiro atoms. The second-order valence-corrected chi connectivity index (χ2v) is 6.85. The summed E-state index contributed by atoms with van der Waals surface area (Å²) in [5.74, 6) is 15.8. The van der Waals surface area contributed by atoms with E-state index in [1.807, 2.05) is 54.6 Å². The van der Waals surface area contributed by atoms with Gasteiger partial charge in [-0.05, 0) is 54.6 Å². The van der Waals surface area contributed by atoms with Crippen molar-refractivity contribution in [3.63, 3.8) is 0 Å². The van der Waals surface area contributed by atoms with Crippen LogP contribution in [-0.2, 0) is 0 Å². The normalized spacial score (nSPS) is 11.3. The van der Waals surface area contributed by atoms with Crippen molar-refractivity contribution in [3.05, 3.63) is 76.9 Å². The van der Waals surface area contributed by atoms with E-state index >= 15 is 0 Å². The molecule has 160 valence electrons. The first-order valence-electron chi connectivity index (χ1n) is 10.0. The van der Waals surface area contributed by atoms with Gasteiger partial charge in [0.15, 0.2) is 23.0 Å². The number of hydrogen-bond donors (Lipinski definition) is 0. The van der Waals surface area contributed by atoms with Crippen molar-refractivity contribution < 1.29 is 23.7 Å². The minimum Gasteiger partial charge on any atom is -0.493 e. The van der Waals surface area contributed by atoms with Gasteiger partial charge in [0.25, 0.3) is 0 Å². The van der Waals surface area contributed by atoms with Gasteiger partial charge in [-0.2, -0.15) is 0 Å². The standard InChI is InChI=1S/C27H22O5/c1-28-25-17-22(18-26(29-2)27(25)30-3)11-9-20-6-4-19(5-7-20)8-10-21-12-13-23-24(16-21)32-15-14-31-23/h4-7,12-13,16-18H,14-15H2,1-3H3. The Balaban J connectivity index is 1.50. The van der Waals surface area contributed by atoms with Crippen molar-refractivity contribution in [2.24, 2.45) is 0 Å². The van der Waals surface area contributed by atoms with Crippen molar-refractivity contribution in [2.45, 2.75) is 0 Å². The third-order valence-corrected chi connectivity index (χ3v) is 4.79. The predicted octanol–water partition coefficient (Wildman–Crippen LogP) is 4.28. The molecule has 3 aromatic carbocycles. The number of methoxy groups -OCH3 is 3. The Bertz CT molecular complexity index is 1210. The maximum absolute atomic E-state index is 5.61. The molecule has 0 saturated heterocycles. The summed E-state index contributed by atoms with van der Waals surface area (Å²) >= 11 is 0. The highest BCUT2D eigenvalue weighted by molar-refractivity contribution is 5.58. The first-order chi connectivity index (χ1) is 15.7. The number of fused-ring (bicyclic) bond motifs is 1. The Morgan fingerprint density at radius 2 is 1.06 bits per heavy atom. The molecule has 3 aromatic rings. The lowest BCUT2D eigenvalue weighted by Crippen LogP contribution is -2.15. The van der Waals surface area contributed by atoms with Gasteiger partial charge in [0.05, 0.1) is 21.3 Å². The van der Waals surface area contributed by atoms with Crippen molar-refractivity contribution in [1.29, 1.82) is 0 Å². The van der Waals surface area contributed by atoms with E-state index in [2.05, 4.69) is 23.7 Å². The second-order valence-electron chi connectivity index (χ2n) is 6.85. The van der Waals surface area contributed by atoms with Crippen LogP contribution in [0.25, 0.3) is 0 Å². The van der Waals surface area contributed by atoms with Crippen LogP contribution in [-0.4, -0.2) is 34.5 Å². The zero-order chi connectivity index (χ0) is 22.3. The van der Waals surface area contributed by atoms with E-state index in [1.54, 1.807) is 21.3 Å². The van der Waals surface area contributed by atoms with E-state index < -0.39 is 0 Å². The number of hydrogen-bond acceptors (Lipinski definition) is 5. The van der Waals surface area contributed by atoms with Gasteiger partial charge in [0, 0.05) is 22.3 Å². The minimum absolute atomic E-state index is 0.543. The van der Waals surface area contributed by atoms with Crippen LogP contribution >= 0.6 is 0 Å². The van der Waals surface area contributed by atoms with Gasteiger partial charge >= 0.3 is 0 Å². The summed E-state index contributed by atoms with van der Waals surface area (Å²) in [7, 11) is 4.74. The van der Waals surface area contributed by atoms with Gasteiger partial charge in [0.2, 0.25) is 5.75 Å². The molecule has 0 N–H and O–H groups in total. The van der Waals surface area contributed by atoms with Crippen LogP contribution in [0.3, 0.4) is 0 Å². The van der Waals surface area contributed by atoms with Crippen LogP contribution in [0.15, 0.2) is 54.6 Å². The molecule has 0 unspecified atom stereocenters. The van der Waals surface area contributed by atoms with Crippen LogP contribution in [0.4, 0.5) is 0 Å².